The van der Waals surface area contributed by atoms with E-state index in [1.807, 2.05) is 55.1 Å². The van der Waals surface area contributed by atoms with Gasteiger partial charge in [-0.15, -0.1) is 10.2 Å². The maximum absolute atomic E-state index is 12.9. The highest BCUT2D eigenvalue weighted by Crippen LogP contribution is 2.41. The Bertz CT molecular complexity index is 1220. The van der Waals surface area contributed by atoms with Crippen LogP contribution in [0.25, 0.3) is 5.69 Å². The van der Waals surface area contributed by atoms with E-state index in [1.165, 1.54) is 0 Å². The van der Waals surface area contributed by atoms with Crippen molar-refractivity contribution in [2.75, 3.05) is 20.6 Å². The lowest BCUT2D eigenvalue weighted by Gasteiger charge is -2.27. The van der Waals surface area contributed by atoms with Gasteiger partial charge in [0.25, 0.3) is 6.47 Å². The van der Waals surface area contributed by atoms with Crippen molar-refractivity contribution in [3.63, 3.8) is 0 Å². The second-order valence-electron chi connectivity index (χ2n) is 9.59. The zero-order valence-electron chi connectivity index (χ0n) is 20.7. The van der Waals surface area contributed by atoms with Crippen LogP contribution in [0, 0.1) is 6.92 Å². The van der Waals surface area contributed by atoms with Gasteiger partial charge in [-0.05, 0) is 70.5 Å². The molecule has 1 N–H and O–H groups in total. The fourth-order valence-electron chi connectivity index (χ4n) is 5.06. The number of aromatic nitrogens is 4. The third-order valence-corrected chi connectivity index (χ3v) is 6.93. The van der Waals surface area contributed by atoms with Crippen LogP contribution in [0.2, 0.25) is 5.02 Å². The van der Waals surface area contributed by atoms with Crippen LogP contribution >= 0.6 is 11.6 Å². The third kappa shape index (κ3) is 5.60. The second kappa shape index (κ2) is 11.2. The zero-order chi connectivity index (χ0) is 25.8. The Morgan fingerprint density at radius 3 is 2.50 bits per heavy atom. The molecule has 0 saturated heterocycles. The number of carbonyl (C=O) groups is 2. The highest BCUT2D eigenvalue weighted by Gasteiger charge is 2.32. The van der Waals surface area contributed by atoms with Gasteiger partial charge in [0.1, 0.15) is 11.6 Å². The molecule has 1 fully saturated rings. The molecule has 0 radical (unpaired) electrons. The summed E-state index contributed by atoms with van der Waals surface area (Å²) in [5.74, 6) is 3.43. The molecule has 1 aliphatic carbocycles. The van der Waals surface area contributed by atoms with Crippen molar-refractivity contribution < 1.29 is 19.2 Å². The predicted octanol–water partition coefficient (Wildman–Crippen LogP) is 3.76. The molecular formula is C25H31ClN6O4. The van der Waals surface area contributed by atoms with Crippen molar-refractivity contribution in [1.29, 1.82) is 0 Å². The van der Waals surface area contributed by atoms with Crippen LogP contribution in [0.1, 0.15) is 66.2 Å². The summed E-state index contributed by atoms with van der Waals surface area (Å²) in [6.45, 7) is 2.97. The van der Waals surface area contributed by atoms with Gasteiger partial charge < -0.3 is 19.4 Å². The van der Waals surface area contributed by atoms with Crippen LogP contribution in [0.5, 0.6) is 0 Å². The predicted molar refractivity (Wildman–Crippen MR) is 133 cm³/mol. The Morgan fingerprint density at radius 1 is 1.17 bits per heavy atom. The van der Waals surface area contributed by atoms with E-state index in [0.29, 0.717) is 36.5 Å². The zero-order valence-corrected chi connectivity index (χ0v) is 21.5. The average molecular weight is 515 g/mol. The normalized spacial score (nSPS) is 19.1. The Balaban J connectivity index is 0.000000967. The highest BCUT2D eigenvalue weighted by atomic mass is 35.5. The fourth-order valence-corrected chi connectivity index (χ4v) is 5.26. The Labute approximate surface area is 214 Å². The molecule has 1 amide bonds. The van der Waals surface area contributed by atoms with Crippen LogP contribution in [0.3, 0.4) is 0 Å². The molecule has 0 bridgehead atoms. The molecule has 5 rings (SSSR count). The van der Waals surface area contributed by atoms with Crippen LogP contribution in [-0.4, -0.2) is 67.8 Å². The molecule has 0 spiro atoms. The van der Waals surface area contributed by atoms with Gasteiger partial charge in [-0.1, -0.05) is 16.8 Å². The minimum atomic E-state index is -0.250. The number of rotatable bonds is 4. The monoisotopic (exact) mass is 514 g/mol. The lowest BCUT2D eigenvalue weighted by Crippen LogP contribution is -2.36. The minimum absolute atomic E-state index is 0.0624. The molecule has 1 aromatic carbocycles. The van der Waals surface area contributed by atoms with E-state index in [1.54, 1.807) is 0 Å². The first-order chi connectivity index (χ1) is 17.3. The number of likely N-dealkylation sites (N-methyl/N-ethyl adjacent to an activating group) is 1. The van der Waals surface area contributed by atoms with Crippen molar-refractivity contribution >= 4 is 24.0 Å². The maximum atomic E-state index is 12.9. The van der Waals surface area contributed by atoms with Crippen LogP contribution < -0.4 is 0 Å². The Hall–Kier alpha value is -3.24. The average Bonchev–Trinajstić information content (AvgIpc) is 3.41. The van der Waals surface area contributed by atoms with Crippen molar-refractivity contribution in [3.8, 4) is 5.69 Å². The summed E-state index contributed by atoms with van der Waals surface area (Å²) in [4.78, 5) is 25.0. The minimum Gasteiger partial charge on any atom is -0.483 e. The van der Waals surface area contributed by atoms with E-state index in [0.717, 1.165) is 60.0 Å². The molecule has 1 aliphatic heterocycles. The summed E-state index contributed by atoms with van der Waals surface area (Å²) < 4.78 is 7.45. The molecule has 2 aromatic heterocycles. The van der Waals surface area contributed by atoms with Gasteiger partial charge in [-0.25, -0.2) is 0 Å². The summed E-state index contributed by atoms with van der Waals surface area (Å²) in [6.07, 6.45) is 4.11. The van der Waals surface area contributed by atoms with Crippen molar-refractivity contribution in [1.82, 2.24) is 29.7 Å². The molecule has 192 valence electrons. The number of aryl methyl sites for hydroxylation is 1. The highest BCUT2D eigenvalue weighted by molar-refractivity contribution is 6.30. The summed E-state index contributed by atoms with van der Waals surface area (Å²) in [5.41, 5.74) is 3.09. The number of fused-ring (bicyclic) bond motifs is 3. The lowest BCUT2D eigenvalue weighted by molar-refractivity contribution is -0.133. The Kier molecular flexibility index (Phi) is 8.05. The van der Waals surface area contributed by atoms with Gasteiger partial charge in [0, 0.05) is 29.5 Å². The number of halogens is 1. The molecule has 11 heteroatoms. The van der Waals surface area contributed by atoms with E-state index in [2.05, 4.69) is 19.9 Å². The quantitative estimate of drug-likeness (QED) is 0.523. The van der Waals surface area contributed by atoms with Crippen LogP contribution in [0.4, 0.5) is 0 Å². The van der Waals surface area contributed by atoms with Gasteiger partial charge in [0.05, 0.1) is 24.5 Å². The van der Waals surface area contributed by atoms with E-state index in [4.69, 9.17) is 26.0 Å². The van der Waals surface area contributed by atoms with Gasteiger partial charge in [-0.3, -0.25) is 14.2 Å². The number of amides is 1. The number of carbonyl (C=O) groups excluding carboxylic acids is 1. The topological polar surface area (TPSA) is 118 Å². The lowest BCUT2D eigenvalue weighted by atomic mass is 9.80. The SMILES string of the molecule is Cc1cc(C2CCC(c3nnc4n3-c3ccc(Cl)cc3CN(C(=O)CN(C)C)C4)CC2)no1.O=CO. The molecular weight excluding hydrogens is 484 g/mol. The van der Waals surface area contributed by atoms with Crippen LogP contribution in [-0.2, 0) is 22.7 Å². The molecule has 36 heavy (non-hydrogen) atoms. The molecule has 3 heterocycles. The largest absolute Gasteiger partial charge is 0.483 e. The molecule has 1 saturated carbocycles. The van der Waals surface area contributed by atoms with E-state index in [9.17, 15) is 4.79 Å². The molecule has 0 atom stereocenters. The maximum Gasteiger partial charge on any atom is 0.290 e. The van der Waals surface area contributed by atoms with Crippen LogP contribution in [0.15, 0.2) is 28.8 Å². The summed E-state index contributed by atoms with van der Waals surface area (Å²) in [6, 6.07) is 7.93. The molecule has 0 unspecified atom stereocenters. The van der Waals surface area contributed by atoms with Crippen molar-refractivity contribution in [3.05, 3.63) is 58.0 Å². The standard InChI is InChI=1S/C24H29ClN6O2.CH2O2/c1-15-10-20(28-33-15)16-4-6-17(7-5-16)24-27-26-22-13-30(23(32)14-29(2)3)12-18-11-19(25)8-9-21(18)31(22)24;2-1-3/h8-11,16-17H,4-7,12-14H2,1-3H3;1H,(H,2,3). The summed E-state index contributed by atoms with van der Waals surface area (Å²) in [7, 11) is 3.80. The van der Waals surface area contributed by atoms with Gasteiger partial charge in [0.15, 0.2) is 5.82 Å². The van der Waals surface area contributed by atoms with E-state index < -0.39 is 0 Å². The van der Waals surface area contributed by atoms with E-state index in [-0.39, 0.29) is 12.4 Å². The summed E-state index contributed by atoms with van der Waals surface area (Å²) in [5, 5.41) is 21.0. The van der Waals surface area contributed by atoms with Gasteiger partial charge in [0.2, 0.25) is 5.91 Å². The number of benzene rings is 1. The van der Waals surface area contributed by atoms with Crippen molar-refractivity contribution in [2.24, 2.45) is 0 Å². The molecule has 2 aliphatic rings. The smallest absolute Gasteiger partial charge is 0.290 e. The van der Waals surface area contributed by atoms with Gasteiger partial charge in [-0.2, -0.15) is 0 Å². The third-order valence-electron chi connectivity index (χ3n) is 6.69. The first-order valence-corrected chi connectivity index (χ1v) is 12.3. The fraction of sp³-hybridized carbons (Fsp3) is 0.480. The number of hydrogen-bond donors (Lipinski definition) is 1. The van der Waals surface area contributed by atoms with E-state index >= 15 is 0 Å². The first-order valence-electron chi connectivity index (χ1n) is 12.0. The first kappa shape index (κ1) is 25.8. The molecule has 3 aromatic rings. The number of nitrogens with zero attached hydrogens (tertiary/aromatic N) is 6. The second-order valence-corrected chi connectivity index (χ2v) is 10.0. The van der Waals surface area contributed by atoms with Crippen molar-refractivity contribution in [2.45, 2.75) is 57.5 Å². The Morgan fingerprint density at radius 2 is 1.86 bits per heavy atom. The summed E-state index contributed by atoms with van der Waals surface area (Å²) >= 11 is 6.34. The number of carboxylic acid groups (broad SMARTS) is 1. The number of hydrogen-bond acceptors (Lipinski definition) is 7. The molecule has 10 nitrogen and oxygen atoms in total. The van der Waals surface area contributed by atoms with Gasteiger partial charge >= 0.3 is 0 Å².